The summed E-state index contributed by atoms with van der Waals surface area (Å²) in [6.45, 7) is 14.2. The van der Waals surface area contributed by atoms with Gasteiger partial charge in [0.25, 0.3) is 0 Å². The molecule has 2 aromatic rings. The van der Waals surface area contributed by atoms with E-state index in [0.29, 0.717) is 19.1 Å². The first-order valence-electron chi connectivity index (χ1n) is 9.77. The fourth-order valence-corrected chi connectivity index (χ4v) is 2.93. The number of ether oxygens (including phenoxy) is 1. The van der Waals surface area contributed by atoms with Crippen LogP contribution in [0.3, 0.4) is 0 Å². The van der Waals surface area contributed by atoms with Gasteiger partial charge in [-0.3, -0.25) is 4.68 Å². The molecule has 7 heteroatoms. The number of hydrogen-bond acceptors (Lipinski definition) is 3. The average molecular weight is 499 g/mol. The smallest absolute Gasteiger partial charge is 0.191 e. The summed E-state index contributed by atoms with van der Waals surface area (Å²) in [5.74, 6) is 2.16. The van der Waals surface area contributed by atoms with Gasteiger partial charge in [-0.05, 0) is 45.7 Å². The lowest BCUT2D eigenvalue weighted by Gasteiger charge is -2.17. The molecule has 0 aliphatic heterocycles. The highest BCUT2D eigenvalue weighted by Crippen LogP contribution is 2.18. The molecule has 0 fully saturated rings. The molecule has 0 spiro atoms. The van der Waals surface area contributed by atoms with Crippen LogP contribution in [0.1, 0.15) is 37.7 Å². The SMILES string of the molecule is CCNC(=NCc1ccccc1OCC)NCC(C)Cn1nc(C)cc1C.I. The molecule has 2 N–H and O–H groups in total. The lowest BCUT2D eigenvalue weighted by atomic mass is 10.2. The van der Waals surface area contributed by atoms with Gasteiger partial charge >= 0.3 is 0 Å². The molecule has 0 bridgehead atoms. The highest BCUT2D eigenvalue weighted by atomic mass is 127. The summed E-state index contributed by atoms with van der Waals surface area (Å²) in [4.78, 5) is 4.72. The van der Waals surface area contributed by atoms with Crippen molar-refractivity contribution in [1.29, 1.82) is 0 Å². The normalized spacial score (nSPS) is 12.2. The van der Waals surface area contributed by atoms with Crippen LogP contribution in [0.25, 0.3) is 0 Å². The van der Waals surface area contributed by atoms with Crippen molar-refractivity contribution in [1.82, 2.24) is 20.4 Å². The Labute approximate surface area is 186 Å². The first-order valence-corrected chi connectivity index (χ1v) is 9.77. The predicted molar refractivity (Wildman–Crippen MR) is 127 cm³/mol. The van der Waals surface area contributed by atoms with Crippen molar-refractivity contribution in [2.45, 2.75) is 47.7 Å². The second kappa shape index (κ2) is 12.6. The molecule has 1 atom stereocenters. The number of nitrogens with zero attached hydrogens (tertiary/aromatic N) is 3. The molecule has 1 aromatic carbocycles. The molecule has 1 heterocycles. The van der Waals surface area contributed by atoms with Gasteiger partial charge in [0.15, 0.2) is 5.96 Å². The minimum Gasteiger partial charge on any atom is -0.494 e. The number of guanidine groups is 1. The van der Waals surface area contributed by atoms with Gasteiger partial charge in [0.05, 0.1) is 18.8 Å². The van der Waals surface area contributed by atoms with Crippen molar-refractivity contribution in [2.24, 2.45) is 10.9 Å². The van der Waals surface area contributed by atoms with Crippen LogP contribution in [-0.4, -0.2) is 35.4 Å². The van der Waals surface area contributed by atoms with Crippen LogP contribution in [-0.2, 0) is 13.1 Å². The van der Waals surface area contributed by atoms with Gasteiger partial charge in [0.2, 0.25) is 0 Å². The molecule has 0 saturated carbocycles. The summed E-state index contributed by atoms with van der Waals surface area (Å²) in [5.41, 5.74) is 3.36. The zero-order chi connectivity index (χ0) is 19.6. The van der Waals surface area contributed by atoms with Gasteiger partial charge in [-0.1, -0.05) is 25.1 Å². The van der Waals surface area contributed by atoms with Crippen molar-refractivity contribution >= 4 is 29.9 Å². The number of aromatic nitrogens is 2. The summed E-state index contributed by atoms with van der Waals surface area (Å²) in [5, 5.41) is 11.3. The monoisotopic (exact) mass is 499 g/mol. The standard InChI is InChI=1S/C21H33N5O.HI/c1-6-22-21(24-14-19-10-8-9-11-20(19)27-7-2)23-13-16(3)15-26-18(5)12-17(4)25-26;/h8-12,16H,6-7,13-15H2,1-5H3,(H2,22,23,24);1H. The Morgan fingerprint density at radius 1 is 1.21 bits per heavy atom. The number of hydrogen-bond donors (Lipinski definition) is 2. The van der Waals surface area contributed by atoms with Gasteiger partial charge in [-0.2, -0.15) is 5.10 Å². The largest absolute Gasteiger partial charge is 0.494 e. The van der Waals surface area contributed by atoms with Crippen LogP contribution in [0.15, 0.2) is 35.3 Å². The number of aliphatic imine (C=N–C) groups is 1. The summed E-state index contributed by atoms with van der Waals surface area (Å²) in [6.07, 6.45) is 0. The van der Waals surface area contributed by atoms with E-state index >= 15 is 0 Å². The van der Waals surface area contributed by atoms with Crippen molar-refractivity contribution < 1.29 is 4.74 Å². The third-order valence-electron chi connectivity index (χ3n) is 4.23. The van der Waals surface area contributed by atoms with Crippen LogP contribution < -0.4 is 15.4 Å². The number of aryl methyl sites for hydroxylation is 2. The maximum atomic E-state index is 5.69. The van der Waals surface area contributed by atoms with E-state index in [1.807, 2.05) is 32.0 Å². The number of nitrogens with one attached hydrogen (secondary N) is 2. The molecular weight excluding hydrogens is 465 g/mol. The average Bonchev–Trinajstić information content (AvgIpc) is 2.95. The lowest BCUT2D eigenvalue weighted by Crippen LogP contribution is -2.40. The molecule has 0 aliphatic rings. The first kappa shape index (κ1) is 24.3. The Kier molecular flexibility index (Phi) is 11.0. The Morgan fingerprint density at radius 3 is 2.61 bits per heavy atom. The highest BCUT2D eigenvalue weighted by molar-refractivity contribution is 14.0. The topological polar surface area (TPSA) is 63.5 Å². The van der Waals surface area contributed by atoms with Gasteiger partial charge in [-0.15, -0.1) is 24.0 Å². The van der Waals surface area contributed by atoms with Gasteiger partial charge in [-0.25, -0.2) is 4.99 Å². The van der Waals surface area contributed by atoms with Crippen LogP contribution in [0.4, 0.5) is 0 Å². The zero-order valence-corrected chi connectivity index (χ0v) is 20.0. The third-order valence-corrected chi connectivity index (χ3v) is 4.23. The Morgan fingerprint density at radius 2 is 1.96 bits per heavy atom. The number of benzene rings is 1. The van der Waals surface area contributed by atoms with Gasteiger partial charge in [0, 0.05) is 30.9 Å². The van der Waals surface area contributed by atoms with Crippen LogP contribution >= 0.6 is 24.0 Å². The van der Waals surface area contributed by atoms with Gasteiger partial charge in [0.1, 0.15) is 5.75 Å². The minimum absolute atomic E-state index is 0. The van der Waals surface area contributed by atoms with Gasteiger partial charge < -0.3 is 15.4 Å². The Bertz CT molecular complexity index is 744. The Balaban J connectivity index is 0.00000392. The van der Waals surface area contributed by atoms with E-state index in [4.69, 9.17) is 9.73 Å². The highest BCUT2D eigenvalue weighted by Gasteiger charge is 2.09. The van der Waals surface area contributed by atoms with E-state index < -0.39 is 0 Å². The van der Waals surface area contributed by atoms with Crippen LogP contribution in [0, 0.1) is 19.8 Å². The van der Waals surface area contributed by atoms with Crippen molar-refractivity contribution in [2.75, 3.05) is 19.7 Å². The Hall–Kier alpha value is -1.77. The molecule has 2 rings (SSSR count). The fraction of sp³-hybridized carbons (Fsp3) is 0.524. The molecule has 0 aliphatic carbocycles. The quantitative estimate of drug-likeness (QED) is 0.312. The van der Waals surface area contributed by atoms with Crippen LogP contribution in [0.2, 0.25) is 0 Å². The maximum Gasteiger partial charge on any atom is 0.191 e. The lowest BCUT2D eigenvalue weighted by molar-refractivity contribution is 0.336. The third kappa shape index (κ3) is 7.69. The molecule has 0 radical (unpaired) electrons. The predicted octanol–water partition coefficient (Wildman–Crippen LogP) is 3.91. The number of para-hydroxylation sites is 1. The molecule has 156 valence electrons. The molecule has 1 unspecified atom stereocenters. The molecule has 0 saturated heterocycles. The van der Waals surface area contributed by atoms with E-state index in [2.05, 4.69) is 53.3 Å². The van der Waals surface area contributed by atoms with E-state index in [0.717, 1.165) is 42.6 Å². The summed E-state index contributed by atoms with van der Waals surface area (Å²) >= 11 is 0. The minimum atomic E-state index is 0. The summed E-state index contributed by atoms with van der Waals surface area (Å²) in [6, 6.07) is 10.2. The zero-order valence-electron chi connectivity index (χ0n) is 17.7. The molecule has 0 amide bonds. The second-order valence-electron chi connectivity index (χ2n) is 6.83. The second-order valence-corrected chi connectivity index (χ2v) is 6.83. The molecular formula is C21H34IN5O. The number of rotatable bonds is 9. The molecule has 1 aromatic heterocycles. The van der Waals surface area contributed by atoms with Crippen molar-refractivity contribution in [3.63, 3.8) is 0 Å². The maximum absolute atomic E-state index is 5.69. The van der Waals surface area contributed by atoms with Crippen LogP contribution in [0.5, 0.6) is 5.75 Å². The molecule has 28 heavy (non-hydrogen) atoms. The summed E-state index contributed by atoms with van der Waals surface area (Å²) in [7, 11) is 0. The van der Waals surface area contributed by atoms with Crippen molar-refractivity contribution in [3.05, 3.63) is 47.3 Å². The van der Waals surface area contributed by atoms with E-state index in [1.165, 1.54) is 5.69 Å². The van der Waals surface area contributed by atoms with Crippen molar-refractivity contribution in [3.8, 4) is 5.75 Å². The number of halogens is 1. The van der Waals surface area contributed by atoms with E-state index in [-0.39, 0.29) is 24.0 Å². The van der Waals surface area contributed by atoms with E-state index in [1.54, 1.807) is 0 Å². The molecule has 6 nitrogen and oxygen atoms in total. The fourth-order valence-electron chi connectivity index (χ4n) is 2.93. The van der Waals surface area contributed by atoms with E-state index in [9.17, 15) is 0 Å². The first-order chi connectivity index (χ1) is 13.0. The summed E-state index contributed by atoms with van der Waals surface area (Å²) < 4.78 is 7.76.